The van der Waals surface area contributed by atoms with Gasteiger partial charge in [0.2, 0.25) is 5.91 Å². The molecule has 0 saturated heterocycles. The molecule has 0 radical (unpaired) electrons. The minimum atomic E-state index is -0.579. The van der Waals surface area contributed by atoms with Crippen molar-refractivity contribution in [3.63, 3.8) is 0 Å². The molecule has 7 heteroatoms. The Morgan fingerprint density at radius 2 is 1.81 bits per heavy atom. The smallest absolute Gasteiger partial charge is 0.263 e. The predicted octanol–water partition coefficient (Wildman–Crippen LogP) is 3.00. The van der Waals surface area contributed by atoms with Gasteiger partial charge >= 0.3 is 0 Å². The maximum atomic E-state index is 12.3. The third kappa shape index (κ3) is 5.10. The van der Waals surface area contributed by atoms with Gasteiger partial charge in [0.1, 0.15) is 11.6 Å². The quantitative estimate of drug-likeness (QED) is 0.481. The van der Waals surface area contributed by atoms with Crippen molar-refractivity contribution >= 4 is 34.8 Å². The molecule has 2 aromatic rings. The first kappa shape index (κ1) is 19.0. The van der Waals surface area contributed by atoms with Crippen molar-refractivity contribution in [2.75, 3.05) is 10.6 Å². The number of nitrogens with two attached hydrogens (primary N) is 1. The van der Waals surface area contributed by atoms with Crippen molar-refractivity contribution in [2.24, 2.45) is 0 Å². The van der Waals surface area contributed by atoms with E-state index in [0.717, 1.165) is 5.56 Å². The number of carbonyl (C=O) groups is 2. The van der Waals surface area contributed by atoms with Gasteiger partial charge in [-0.1, -0.05) is 23.7 Å². The number of nitrogens with one attached hydrogen (secondary N) is 1. The summed E-state index contributed by atoms with van der Waals surface area (Å²) < 4.78 is 0. The molecule has 0 spiro atoms. The molecular formula is C19H17ClN4O2. The number of amides is 2. The largest absolute Gasteiger partial charge is 0.399 e. The van der Waals surface area contributed by atoms with Crippen molar-refractivity contribution in [1.82, 2.24) is 5.32 Å². The van der Waals surface area contributed by atoms with Crippen molar-refractivity contribution < 1.29 is 9.59 Å². The Bertz CT molecular complexity index is 868. The zero-order valence-corrected chi connectivity index (χ0v) is 14.8. The number of benzene rings is 2. The van der Waals surface area contributed by atoms with Crippen molar-refractivity contribution in [2.45, 2.75) is 13.5 Å². The summed E-state index contributed by atoms with van der Waals surface area (Å²) in [6.45, 7) is 1.57. The number of rotatable bonds is 5. The lowest BCUT2D eigenvalue weighted by Gasteiger charge is -2.17. The number of nitrogen functional groups attached to an aromatic ring is 1. The maximum absolute atomic E-state index is 12.3. The lowest BCUT2D eigenvalue weighted by molar-refractivity contribution is -0.117. The van der Waals surface area contributed by atoms with E-state index >= 15 is 0 Å². The Kier molecular flexibility index (Phi) is 6.36. The fraction of sp³-hybridized carbons (Fsp3) is 0.105. The summed E-state index contributed by atoms with van der Waals surface area (Å²) in [6.07, 6.45) is 1.21. The lowest BCUT2D eigenvalue weighted by atomic mass is 10.2. The third-order valence-corrected chi connectivity index (χ3v) is 3.75. The van der Waals surface area contributed by atoms with Crippen LogP contribution in [-0.2, 0) is 16.1 Å². The number of hydrogen-bond donors (Lipinski definition) is 2. The Labute approximate surface area is 156 Å². The van der Waals surface area contributed by atoms with Crippen LogP contribution in [0, 0.1) is 11.3 Å². The van der Waals surface area contributed by atoms with Gasteiger partial charge in [0.25, 0.3) is 5.91 Å². The molecule has 0 fully saturated rings. The monoisotopic (exact) mass is 368 g/mol. The van der Waals surface area contributed by atoms with Crippen molar-refractivity contribution in [3.8, 4) is 6.07 Å². The summed E-state index contributed by atoms with van der Waals surface area (Å²) in [4.78, 5) is 25.4. The minimum absolute atomic E-state index is 0.189. The maximum Gasteiger partial charge on any atom is 0.263 e. The molecule has 0 aliphatic rings. The van der Waals surface area contributed by atoms with E-state index in [9.17, 15) is 14.9 Å². The molecule has 26 heavy (non-hydrogen) atoms. The second kappa shape index (κ2) is 8.70. The van der Waals surface area contributed by atoms with E-state index in [0.29, 0.717) is 16.4 Å². The first-order chi connectivity index (χ1) is 12.4. The zero-order chi connectivity index (χ0) is 19.1. The Hall–Kier alpha value is -3.30. The fourth-order valence-electron chi connectivity index (χ4n) is 2.13. The molecule has 2 aromatic carbocycles. The van der Waals surface area contributed by atoms with Crippen LogP contribution in [0.25, 0.3) is 0 Å². The fourth-order valence-corrected chi connectivity index (χ4v) is 2.26. The average molecular weight is 369 g/mol. The summed E-state index contributed by atoms with van der Waals surface area (Å²) in [6, 6.07) is 15.3. The highest BCUT2D eigenvalue weighted by molar-refractivity contribution is 6.30. The Morgan fingerprint density at radius 3 is 2.35 bits per heavy atom. The van der Waals surface area contributed by atoms with E-state index in [2.05, 4.69) is 5.32 Å². The van der Waals surface area contributed by atoms with E-state index in [4.69, 9.17) is 17.3 Å². The van der Waals surface area contributed by atoms with Crippen LogP contribution >= 0.6 is 11.6 Å². The van der Waals surface area contributed by atoms with Crippen LogP contribution in [0.1, 0.15) is 12.5 Å². The standard InChI is InChI=1S/C19H17ClN4O2/c1-13(25)24(18-8-6-17(22)7-9-18)12-15(10-21)19(26)23-11-14-2-4-16(20)5-3-14/h2-9,12H,11,22H2,1H3,(H,23,26)/b15-12-. The van der Waals surface area contributed by atoms with Gasteiger partial charge in [-0.25, -0.2) is 0 Å². The van der Waals surface area contributed by atoms with Crippen molar-refractivity contribution in [1.29, 1.82) is 5.26 Å². The molecule has 0 bridgehead atoms. The van der Waals surface area contributed by atoms with Gasteiger partial charge in [-0.3, -0.25) is 14.5 Å². The highest BCUT2D eigenvalue weighted by Gasteiger charge is 2.15. The third-order valence-electron chi connectivity index (χ3n) is 3.50. The molecule has 0 aromatic heterocycles. The second-order valence-corrected chi connectivity index (χ2v) is 5.88. The first-order valence-electron chi connectivity index (χ1n) is 7.70. The zero-order valence-electron chi connectivity index (χ0n) is 14.1. The van der Waals surface area contributed by atoms with Gasteiger partial charge in [0.15, 0.2) is 0 Å². The van der Waals surface area contributed by atoms with E-state index in [1.165, 1.54) is 18.0 Å². The molecular weight excluding hydrogens is 352 g/mol. The average Bonchev–Trinajstić information content (AvgIpc) is 2.62. The van der Waals surface area contributed by atoms with Gasteiger partial charge in [0, 0.05) is 36.1 Å². The normalized spacial score (nSPS) is 10.7. The number of nitrogens with zero attached hydrogens (tertiary/aromatic N) is 2. The van der Waals surface area contributed by atoms with E-state index < -0.39 is 5.91 Å². The lowest BCUT2D eigenvalue weighted by Crippen LogP contribution is -2.28. The number of halogens is 1. The molecule has 6 nitrogen and oxygen atoms in total. The predicted molar refractivity (Wildman–Crippen MR) is 101 cm³/mol. The van der Waals surface area contributed by atoms with Crippen LogP contribution < -0.4 is 16.0 Å². The summed E-state index contributed by atoms with van der Waals surface area (Å²) in [7, 11) is 0. The molecule has 0 unspecified atom stereocenters. The molecule has 132 valence electrons. The SMILES string of the molecule is CC(=O)N(/C=C(/C#N)C(=O)NCc1ccc(Cl)cc1)c1ccc(N)cc1. The summed E-state index contributed by atoms with van der Waals surface area (Å²) in [5.74, 6) is -0.919. The van der Waals surface area contributed by atoms with Crippen LogP contribution in [-0.4, -0.2) is 11.8 Å². The van der Waals surface area contributed by atoms with Gasteiger partial charge < -0.3 is 11.1 Å². The van der Waals surface area contributed by atoms with Crippen LogP contribution in [0.3, 0.4) is 0 Å². The Morgan fingerprint density at radius 1 is 1.19 bits per heavy atom. The van der Waals surface area contributed by atoms with Crippen LogP contribution in [0.2, 0.25) is 5.02 Å². The second-order valence-electron chi connectivity index (χ2n) is 5.44. The molecule has 0 atom stereocenters. The van der Waals surface area contributed by atoms with E-state index in [1.807, 2.05) is 6.07 Å². The number of hydrogen-bond acceptors (Lipinski definition) is 4. The molecule has 0 aliphatic carbocycles. The highest BCUT2D eigenvalue weighted by Crippen LogP contribution is 2.18. The molecule has 0 aliphatic heterocycles. The van der Waals surface area contributed by atoms with Crippen LogP contribution in [0.4, 0.5) is 11.4 Å². The Balaban J connectivity index is 2.16. The highest BCUT2D eigenvalue weighted by atomic mass is 35.5. The number of nitriles is 1. The molecule has 3 N–H and O–H groups in total. The number of carbonyl (C=O) groups excluding carboxylic acids is 2. The summed E-state index contributed by atoms with van der Waals surface area (Å²) in [5.41, 5.74) is 7.33. The van der Waals surface area contributed by atoms with Crippen molar-refractivity contribution in [3.05, 3.63) is 70.9 Å². The minimum Gasteiger partial charge on any atom is -0.399 e. The van der Waals surface area contributed by atoms with Gasteiger partial charge in [-0.15, -0.1) is 0 Å². The molecule has 0 saturated carbocycles. The van der Waals surface area contributed by atoms with Gasteiger partial charge in [0.05, 0.1) is 0 Å². The number of anilines is 2. The summed E-state index contributed by atoms with van der Waals surface area (Å²) in [5, 5.41) is 12.5. The molecule has 2 rings (SSSR count). The summed E-state index contributed by atoms with van der Waals surface area (Å²) >= 11 is 5.82. The van der Waals surface area contributed by atoms with E-state index in [1.54, 1.807) is 48.5 Å². The first-order valence-corrected chi connectivity index (χ1v) is 8.08. The molecule has 0 heterocycles. The topological polar surface area (TPSA) is 99.2 Å². The molecule has 2 amide bonds. The van der Waals surface area contributed by atoms with Crippen LogP contribution in [0.5, 0.6) is 0 Å². The van der Waals surface area contributed by atoms with Crippen LogP contribution in [0.15, 0.2) is 60.3 Å². The van der Waals surface area contributed by atoms with Gasteiger partial charge in [-0.2, -0.15) is 5.26 Å². The van der Waals surface area contributed by atoms with E-state index in [-0.39, 0.29) is 18.0 Å². The van der Waals surface area contributed by atoms with Gasteiger partial charge in [-0.05, 0) is 42.0 Å².